The Morgan fingerprint density at radius 2 is 1.94 bits per heavy atom. The van der Waals surface area contributed by atoms with Crippen molar-refractivity contribution in [2.45, 2.75) is 55.4 Å². The quantitative estimate of drug-likeness (QED) is 0.588. The molecule has 2 bridgehead atoms. The molecule has 34 heavy (non-hydrogen) atoms. The zero-order valence-corrected chi connectivity index (χ0v) is 19.0. The molecule has 176 valence electrons. The number of nitrogens with one attached hydrogen (secondary N) is 1. The summed E-state index contributed by atoms with van der Waals surface area (Å²) in [6.45, 7) is 1.34. The predicted molar refractivity (Wildman–Crippen MR) is 128 cm³/mol. The average Bonchev–Trinajstić information content (AvgIpc) is 3.17. The van der Waals surface area contributed by atoms with Crippen LogP contribution in [0.3, 0.4) is 0 Å². The summed E-state index contributed by atoms with van der Waals surface area (Å²) in [5.41, 5.74) is -0.0752. The normalized spacial score (nSPS) is 29.9. The number of nitrogens with zero attached hydrogens (tertiary/aromatic N) is 2. The Labute approximate surface area is 197 Å². The first-order valence-corrected chi connectivity index (χ1v) is 11.9. The van der Waals surface area contributed by atoms with Crippen molar-refractivity contribution >= 4 is 17.1 Å². The molecule has 7 rings (SSSR count). The molecule has 3 aliphatic heterocycles. The van der Waals surface area contributed by atoms with Gasteiger partial charge in [0.25, 0.3) is 5.56 Å². The molecule has 1 aromatic carbocycles. The zero-order valence-electron chi connectivity index (χ0n) is 19.0. The van der Waals surface area contributed by atoms with Crippen LogP contribution in [0.1, 0.15) is 43.2 Å². The predicted octanol–water partition coefficient (Wildman–Crippen LogP) is 3.51. The minimum atomic E-state index is -1.50. The van der Waals surface area contributed by atoms with Gasteiger partial charge in [0, 0.05) is 30.1 Å². The molecule has 5 heterocycles. The van der Waals surface area contributed by atoms with Gasteiger partial charge in [0.1, 0.15) is 11.4 Å². The summed E-state index contributed by atoms with van der Waals surface area (Å²) in [7, 11) is 0. The number of fused-ring (bicyclic) bond motifs is 3. The van der Waals surface area contributed by atoms with E-state index < -0.39 is 17.0 Å². The number of pyridine rings is 2. The lowest BCUT2D eigenvalue weighted by atomic mass is 9.67. The third-order valence-corrected chi connectivity index (χ3v) is 7.93. The van der Waals surface area contributed by atoms with E-state index in [0.29, 0.717) is 17.6 Å². The smallest absolute Gasteiger partial charge is 0.251 e. The summed E-state index contributed by atoms with van der Waals surface area (Å²) in [6, 6.07) is 13.2. The number of benzene rings is 1. The van der Waals surface area contributed by atoms with Crippen LogP contribution in [0.5, 0.6) is 0 Å². The molecule has 1 atom stereocenters. The van der Waals surface area contributed by atoms with Crippen molar-refractivity contribution in [1.29, 1.82) is 0 Å². The van der Waals surface area contributed by atoms with Crippen LogP contribution in [0, 0.1) is 5.82 Å². The first-order valence-electron chi connectivity index (χ1n) is 11.9. The molecule has 4 aliphatic rings. The second kappa shape index (κ2) is 7.83. The van der Waals surface area contributed by atoms with E-state index in [-0.39, 0.29) is 29.6 Å². The second-order valence-corrected chi connectivity index (χ2v) is 10.1. The molecular formula is C27H28FN3O3. The van der Waals surface area contributed by atoms with Gasteiger partial charge in [-0.2, -0.15) is 0 Å². The topological polar surface area (TPSA) is 76.4 Å². The zero-order chi connectivity index (χ0) is 23.4. The van der Waals surface area contributed by atoms with Crippen LogP contribution in [-0.2, 0) is 16.9 Å². The lowest BCUT2D eigenvalue weighted by Gasteiger charge is -2.55. The fourth-order valence-electron chi connectivity index (χ4n) is 6.11. The van der Waals surface area contributed by atoms with Crippen molar-refractivity contribution in [3.05, 3.63) is 82.0 Å². The highest BCUT2D eigenvalue weighted by Crippen LogP contribution is 2.51. The van der Waals surface area contributed by atoms with Crippen LogP contribution < -0.4 is 10.9 Å². The molecule has 0 unspecified atom stereocenters. The third kappa shape index (κ3) is 3.50. The van der Waals surface area contributed by atoms with Crippen LogP contribution >= 0.6 is 0 Å². The molecule has 1 saturated carbocycles. The molecule has 2 aromatic heterocycles. The van der Waals surface area contributed by atoms with Crippen molar-refractivity contribution in [1.82, 2.24) is 14.9 Å². The molecule has 3 fully saturated rings. The summed E-state index contributed by atoms with van der Waals surface area (Å²) < 4.78 is 22.8. The number of rotatable bonds is 6. The number of hydrogen-bond acceptors (Lipinski definition) is 5. The molecule has 1 aliphatic carbocycles. The van der Waals surface area contributed by atoms with Gasteiger partial charge in [-0.1, -0.05) is 42.5 Å². The second-order valence-electron chi connectivity index (χ2n) is 10.1. The van der Waals surface area contributed by atoms with E-state index in [1.54, 1.807) is 6.07 Å². The van der Waals surface area contributed by atoms with Crippen molar-refractivity contribution in [2.75, 3.05) is 13.2 Å². The number of hydrogen-bond donors (Lipinski definition) is 2. The monoisotopic (exact) mass is 461 g/mol. The Bertz CT molecular complexity index is 1310. The van der Waals surface area contributed by atoms with E-state index in [1.165, 1.54) is 16.2 Å². The molecule has 7 heteroatoms. The minimum absolute atomic E-state index is 0.0277. The van der Waals surface area contributed by atoms with Crippen LogP contribution in [-0.4, -0.2) is 38.9 Å². The lowest BCUT2D eigenvalue weighted by Crippen LogP contribution is -2.63. The maximum atomic E-state index is 14.9. The molecule has 0 spiro atoms. The van der Waals surface area contributed by atoms with E-state index in [9.17, 15) is 14.3 Å². The third-order valence-electron chi connectivity index (χ3n) is 7.93. The fourth-order valence-corrected chi connectivity index (χ4v) is 6.11. The highest BCUT2D eigenvalue weighted by Gasteiger charge is 2.54. The van der Waals surface area contributed by atoms with Crippen molar-refractivity contribution in [2.24, 2.45) is 0 Å². The minimum Gasteiger partial charge on any atom is -0.383 e. The van der Waals surface area contributed by atoms with E-state index in [4.69, 9.17) is 4.74 Å². The summed E-state index contributed by atoms with van der Waals surface area (Å²) >= 11 is 0. The van der Waals surface area contributed by atoms with Gasteiger partial charge >= 0.3 is 0 Å². The Balaban J connectivity index is 1.17. The van der Waals surface area contributed by atoms with Crippen LogP contribution in [0.2, 0.25) is 0 Å². The SMILES string of the molecule is O=c1ccc2ncc(F)c3c2n1C[C@@]3(O)CC12CCC(NC/C=C/c3ccccc3)(CC1)CO2. The maximum Gasteiger partial charge on any atom is 0.251 e. The van der Waals surface area contributed by atoms with Crippen LogP contribution in [0.25, 0.3) is 17.1 Å². The number of aromatic nitrogens is 2. The molecule has 0 amide bonds. The Hall–Kier alpha value is -2.87. The summed E-state index contributed by atoms with van der Waals surface area (Å²) in [4.78, 5) is 16.6. The Morgan fingerprint density at radius 3 is 2.68 bits per heavy atom. The van der Waals surface area contributed by atoms with Gasteiger partial charge in [-0.05, 0) is 37.3 Å². The molecule has 2 saturated heterocycles. The van der Waals surface area contributed by atoms with E-state index >= 15 is 0 Å². The van der Waals surface area contributed by atoms with Gasteiger partial charge in [0.15, 0.2) is 0 Å². The average molecular weight is 462 g/mol. The van der Waals surface area contributed by atoms with Crippen LogP contribution in [0.15, 0.2) is 59.5 Å². The van der Waals surface area contributed by atoms with E-state index in [0.717, 1.165) is 38.4 Å². The van der Waals surface area contributed by atoms with Gasteiger partial charge in [-0.25, -0.2) is 4.39 Å². The van der Waals surface area contributed by atoms with Gasteiger partial charge < -0.3 is 19.7 Å². The summed E-state index contributed by atoms with van der Waals surface area (Å²) in [5, 5.41) is 15.4. The molecule has 2 N–H and O–H groups in total. The molecule has 3 aromatic rings. The maximum absolute atomic E-state index is 14.9. The Morgan fingerprint density at radius 1 is 1.15 bits per heavy atom. The van der Waals surface area contributed by atoms with Crippen molar-refractivity contribution in [3.63, 3.8) is 0 Å². The largest absolute Gasteiger partial charge is 0.383 e. The highest BCUT2D eigenvalue weighted by atomic mass is 19.1. The van der Waals surface area contributed by atoms with E-state index in [1.807, 2.05) is 18.2 Å². The van der Waals surface area contributed by atoms with Crippen LogP contribution in [0.4, 0.5) is 4.39 Å². The lowest BCUT2D eigenvalue weighted by molar-refractivity contribution is -0.191. The first-order chi connectivity index (χ1) is 16.4. The molecular weight excluding hydrogens is 433 g/mol. The van der Waals surface area contributed by atoms with Gasteiger partial charge in [-0.3, -0.25) is 9.78 Å². The summed E-state index contributed by atoms with van der Waals surface area (Å²) in [6.07, 6.45) is 9.08. The standard InChI is InChI=1S/C27H28FN3O3/c28-20-15-29-21-8-9-22(32)31-17-27(33,23(20)24(21)31)16-26-12-10-25(11-13-26,18-34-26)30-14-4-7-19-5-2-1-3-6-19/h1-9,15,30,33H,10-14,16-18H2/b7-4+/t25?,26?,27-/m0/s1. The molecule has 6 nitrogen and oxygen atoms in total. The Kier molecular flexibility index (Phi) is 4.99. The summed E-state index contributed by atoms with van der Waals surface area (Å²) in [5.74, 6) is -0.573. The van der Waals surface area contributed by atoms with Crippen molar-refractivity contribution < 1.29 is 14.2 Å². The van der Waals surface area contributed by atoms with E-state index in [2.05, 4.69) is 34.6 Å². The van der Waals surface area contributed by atoms with Gasteiger partial charge in [-0.15, -0.1) is 0 Å². The first kappa shape index (κ1) is 21.6. The number of halogens is 1. The van der Waals surface area contributed by atoms with Crippen molar-refractivity contribution in [3.8, 4) is 0 Å². The number of ether oxygens (including phenoxy) is 1. The van der Waals surface area contributed by atoms with Gasteiger partial charge in [0.05, 0.1) is 36.0 Å². The molecule has 0 radical (unpaired) electrons. The fraction of sp³-hybridized carbons (Fsp3) is 0.407. The van der Waals surface area contributed by atoms with Gasteiger partial charge in [0.2, 0.25) is 0 Å². The number of aliphatic hydroxyl groups is 1. The highest BCUT2D eigenvalue weighted by molar-refractivity contribution is 5.81.